The van der Waals surface area contributed by atoms with Crippen LogP contribution in [-0.2, 0) is 69.0 Å². The highest BCUT2D eigenvalue weighted by Crippen LogP contribution is 2.26. The summed E-state index contributed by atoms with van der Waals surface area (Å²) >= 11 is 0. The number of aromatic hydroxyl groups is 1. The first-order valence-corrected chi connectivity index (χ1v) is 33.1. The molecule has 0 radical (unpaired) electrons. The summed E-state index contributed by atoms with van der Waals surface area (Å²) in [5, 5.41) is 39.0. The Morgan fingerprint density at radius 3 is 2.07 bits per heavy atom. The minimum absolute atomic E-state index is 0.0382. The van der Waals surface area contributed by atoms with Crippen LogP contribution >= 0.6 is 0 Å². The third-order valence-corrected chi connectivity index (χ3v) is 16.7. The number of unbranched alkanes of at least 4 members (excludes halogenated alkanes) is 13. The second kappa shape index (κ2) is 38.9. The van der Waals surface area contributed by atoms with E-state index in [0.29, 0.717) is 66.7 Å². The first-order valence-electron chi connectivity index (χ1n) is 33.1. The number of nitrogens with two attached hydrogens (primary N) is 2. The molecule has 1 unspecified atom stereocenters. The van der Waals surface area contributed by atoms with Gasteiger partial charge < -0.3 is 58.8 Å². The van der Waals surface area contributed by atoms with E-state index in [1.165, 1.54) is 88.2 Å². The number of amides is 9. The maximum absolute atomic E-state index is 15.0. The van der Waals surface area contributed by atoms with Crippen molar-refractivity contribution in [3.63, 3.8) is 0 Å². The number of benzene rings is 3. The lowest BCUT2D eigenvalue weighted by Gasteiger charge is -2.33. The molecule has 2 bridgehead atoms. The summed E-state index contributed by atoms with van der Waals surface area (Å²) in [5.74, 6) is -5.99. The number of hydrogen-bond acceptors (Lipinski definition) is 13. The maximum Gasteiger partial charge on any atom is 0.247 e. The van der Waals surface area contributed by atoms with Crippen LogP contribution in [0.2, 0.25) is 0 Å². The summed E-state index contributed by atoms with van der Waals surface area (Å²) in [7, 11) is 0. The molecule has 92 heavy (non-hydrogen) atoms. The zero-order valence-electron chi connectivity index (χ0n) is 53.9. The number of hydrogen-bond donors (Lipinski definition) is 11. The normalized spacial score (nSPS) is 18.6. The van der Waals surface area contributed by atoms with E-state index in [-0.39, 0.29) is 63.3 Å². The van der Waals surface area contributed by atoms with Gasteiger partial charge in [0.25, 0.3) is 0 Å². The number of primary amides is 1. The van der Waals surface area contributed by atoms with Gasteiger partial charge in [-0.05, 0) is 106 Å². The number of para-hydroxylation sites is 2. The van der Waals surface area contributed by atoms with Gasteiger partial charge in [0.2, 0.25) is 53.2 Å². The molecule has 0 aliphatic carbocycles. The number of rotatable bonds is 30. The molecular weight excluding hydrogens is 1170 g/mol. The maximum atomic E-state index is 15.0. The van der Waals surface area contributed by atoms with Gasteiger partial charge in [0.05, 0.1) is 12.2 Å². The fourth-order valence-corrected chi connectivity index (χ4v) is 11.6. The standard InChI is InChI=1S/C68H98N14O10/c1-4-5-6-7-8-9-10-11-12-13-14-15-16-31-61(85)71-38-23-21-28-54(63(70)87)75-68(92)60-30-22-24-39-81-45-50(79-80-81)42-58(74-47(3)83)67(91)78-57(41-49-43-72-53-27-19-18-26-52(49)53)66(90)76-55(36-37-69)65(89)77-56(40-48-32-34-51(84)35-33-48)64(88)73-44-62(86)82(60)59-29-20-17-25-46(59)2/h17-20,25-27,29,32-35,43,45,54-58,60,72,84H,4-16,21-24,28,30-31,36-42,44,69H2,1-3H3,(H2,70,87)(H,71,85)(H,73,88)(H,74,83)(H,75,92)(H,76,90)(H,77,89)(H,78,91)/t54-,55?,56+,57+,58-,60-/m1/s1. The Bertz CT molecular complexity index is 3180. The zero-order chi connectivity index (χ0) is 66.2. The number of anilines is 1. The molecule has 1 aliphatic heterocycles. The molecule has 500 valence electrons. The third-order valence-electron chi connectivity index (χ3n) is 16.7. The number of carbonyl (C=O) groups is 9. The summed E-state index contributed by atoms with van der Waals surface area (Å²) in [5.41, 5.74) is 15.2. The Hall–Kier alpha value is -8.67. The molecule has 0 saturated carbocycles. The Morgan fingerprint density at radius 1 is 0.739 bits per heavy atom. The molecule has 6 atom stereocenters. The van der Waals surface area contributed by atoms with Gasteiger partial charge in [-0.25, -0.2) is 0 Å². The second-order valence-corrected chi connectivity index (χ2v) is 24.2. The van der Waals surface area contributed by atoms with E-state index in [1.54, 1.807) is 60.4 Å². The van der Waals surface area contributed by atoms with Crippen molar-refractivity contribution in [2.24, 2.45) is 11.5 Å². The van der Waals surface area contributed by atoms with Gasteiger partial charge in [-0.3, -0.25) is 52.7 Å². The lowest BCUT2D eigenvalue weighted by atomic mass is 10.0. The third kappa shape index (κ3) is 24.2. The molecule has 3 aromatic carbocycles. The van der Waals surface area contributed by atoms with Crippen molar-refractivity contribution < 1.29 is 48.3 Å². The highest BCUT2D eigenvalue weighted by atomic mass is 16.3. The predicted octanol–water partition coefficient (Wildman–Crippen LogP) is 5.55. The van der Waals surface area contributed by atoms with Crippen LogP contribution in [0.4, 0.5) is 5.69 Å². The zero-order valence-corrected chi connectivity index (χ0v) is 53.9. The van der Waals surface area contributed by atoms with Crippen LogP contribution < -0.4 is 53.6 Å². The number of carbonyl (C=O) groups excluding carboxylic acids is 9. The van der Waals surface area contributed by atoms with Gasteiger partial charge in [0.15, 0.2) is 0 Å². The molecule has 24 heteroatoms. The molecule has 3 heterocycles. The van der Waals surface area contributed by atoms with Crippen molar-refractivity contribution in [3.8, 4) is 5.75 Å². The number of aromatic amines is 1. The number of fused-ring (bicyclic) bond motifs is 3. The summed E-state index contributed by atoms with van der Waals surface area (Å²) in [6.45, 7) is 5.10. The predicted molar refractivity (Wildman–Crippen MR) is 352 cm³/mol. The minimum atomic E-state index is -1.40. The van der Waals surface area contributed by atoms with Crippen molar-refractivity contribution in [1.82, 2.24) is 57.2 Å². The molecule has 13 N–H and O–H groups in total. The molecule has 2 aromatic heterocycles. The SMILES string of the molecule is CCCCCCCCCCCCCCCC(=O)NCCCC[C@@H](NC(=O)[C@H]1CCCCn2cc(nn2)C[C@@H](NC(C)=O)C(=O)N[C@@H](Cc2c[nH]c3ccccc23)C(=O)NC(CCN)C(=O)N[C@@H](Cc2ccc(O)cc2)C(=O)NCC(=O)N1c1ccccc1C)C(N)=O. The van der Waals surface area contributed by atoms with Crippen LogP contribution in [0.3, 0.4) is 0 Å². The lowest BCUT2D eigenvalue weighted by Crippen LogP contribution is -2.60. The molecular formula is C68H98N14O10. The first kappa shape index (κ1) is 72.4. The average Bonchev–Trinajstić information content (AvgIpc) is 1.15. The van der Waals surface area contributed by atoms with Gasteiger partial charge in [0.1, 0.15) is 42.0 Å². The number of nitrogens with zero attached hydrogens (tertiary/aromatic N) is 4. The van der Waals surface area contributed by atoms with Crippen LogP contribution in [0, 0.1) is 6.92 Å². The van der Waals surface area contributed by atoms with E-state index in [0.717, 1.165) is 30.2 Å². The first-order chi connectivity index (χ1) is 44.4. The van der Waals surface area contributed by atoms with Gasteiger partial charge in [-0.15, -0.1) is 5.10 Å². The molecule has 0 saturated heterocycles. The number of phenols is 1. The molecule has 6 rings (SSSR count). The smallest absolute Gasteiger partial charge is 0.247 e. The van der Waals surface area contributed by atoms with E-state index in [1.807, 2.05) is 24.3 Å². The van der Waals surface area contributed by atoms with Crippen LogP contribution in [-0.4, -0.2) is 134 Å². The fourth-order valence-electron chi connectivity index (χ4n) is 11.6. The summed E-state index contributed by atoms with van der Waals surface area (Å²) in [6.07, 6.45) is 20.9. The van der Waals surface area contributed by atoms with Crippen LogP contribution in [0.5, 0.6) is 5.75 Å². The van der Waals surface area contributed by atoms with Gasteiger partial charge in [-0.1, -0.05) is 138 Å². The number of aromatic nitrogens is 4. The summed E-state index contributed by atoms with van der Waals surface area (Å²) < 4.78 is 1.54. The summed E-state index contributed by atoms with van der Waals surface area (Å²) in [6, 6.07) is 12.4. The number of phenolic OH excluding ortho intramolecular Hbond substituents is 1. The fraction of sp³-hybridized carbons (Fsp3) is 0.544. The van der Waals surface area contributed by atoms with E-state index < -0.39 is 90.1 Å². The molecule has 24 nitrogen and oxygen atoms in total. The molecule has 9 amide bonds. The topological polar surface area (TPSA) is 360 Å². The van der Waals surface area contributed by atoms with Crippen molar-refractivity contribution >= 4 is 69.8 Å². The Balaban J connectivity index is 1.22. The minimum Gasteiger partial charge on any atom is -0.508 e. The second-order valence-electron chi connectivity index (χ2n) is 24.2. The summed E-state index contributed by atoms with van der Waals surface area (Å²) in [4.78, 5) is 131. The van der Waals surface area contributed by atoms with Crippen molar-refractivity contribution in [2.45, 2.75) is 218 Å². The van der Waals surface area contributed by atoms with E-state index in [4.69, 9.17) is 11.5 Å². The van der Waals surface area contributed by atoms with Crippen LogP contribution in [0.25, 0.3) is 10.9 Å². The van der Waals surface area contributed by atoms with Crippen LogP contribution in [0.15, 0.2) is 85.2 Å². The number of aryl methyl sites for hydroxylation is 2. The number of H-pyrrole nitrogens is 1. The number of nitrogens with one attached hydrogen (secondary N) is 8. The highest BCUT2D eigenvalue weighted by molar-refractivity contribution is 6.04. The van der Waals surface area contributed by atoms with Crippen LogP contribution in [0.1, 0.15) is 171 Å². The Morgan fingerprint density at radius 2 is 1.38 bits per heavy atom. The van der Waals surface area contributed by atoms with Gasteiger partial charge in [0, 0.05) is 74.7 Å². The van der Waals surface area contributed by atoms with E-state index >= 15 is 4.79 Å². The van der Waals surface area contributed by atoms with Gasteiger partial charge in [-0.2, -0.15) is 0 Å². The van der Waals surface area contributed by atoms with E-state index in [2.05, 4.69) is 59.4 Å². The van der Waals surface area contributed by atoms with Crippen molar-refractivity contribution in [1.29, 1.82) is 0 Å². The Labute approximate surface area is 540 Å². The Kier molecular flexibility index (Phi) is 30.6. The largest absolute Gasteiger partial charge is 0.508 e. The monoisotopic (exact) mass is 1270 g/mol. The lowest BCUT2D eigenvalue weighted by molar-refractivity contribution is -0.134. The quantitative estimate of drug-likeness (QED) is 0.0252. The highest BCUT2D eigenvalue weighted by Gasteiger charge is 2.36. The van der Waals surface area contributed by atoms with Gasteiger partial charge >= 0.3 is 0 Å². The molecule has 0 fully saturated rings. The molecule has 5 aromatic rings. The van der Waals surface area contributed by atoms with Crippen molar-refractivity contribution in [2.75, 3.05) is 24.5 Å². The van der Waals surface area contributed by atoms with Crippen molar-refractivity contribution in [3.05, 3.63) is 108 Å². The molecule has 1 aliphatic rings. The average molecular weight is 1270 g/mol. The molecule has 0 spiro atoms. The van der Waals surface area contributed by atoms with E-state index in [9.17, 15) is 43.5 Å².